The Morgan fingerprint density at radius 1 is 0.920 bits per heavy atom. The molecule has 0 atom stereocenters. The van der Waals surface area contributed by atoms with Crippen LogP contribution in [0.3, 0.4) is 0 Å². The zero-order chi connectivity index (χ0) is 16.9. The molecule has 0 aromatic carbocycles. The summed E-state index contributed by atoms with van der Waals surface area (Å²) in [6, 6.07) is 1.89. The van der Waals surface area contributed by atoms with Crippen molar-refractivity contribution in [3.05, 3.63) is 55.3 Å². The lowest BCUT2D eigenvalue weighted by Crippen LogP contribution is -2.47. The highest BCUT2D eigenvalue weighted by Gasteiger charge is 2.19. The van der Waals surface area contributed by atoms with Crippen molar-refractivity contribution in [1.82, 2.24) is 34.4 Å². The maximum atomic E-state index is 4.66. The van der Waals surface area contributed by atoms with E-state index < -0.39 is 0 Å². The van der Waals surface area contributed by atoms with Gasteiger partial charge in [-0.3, -0.25) is 19.4 Å². The second-order valence-corrected chi connectivity index (χ2v) is 5.96. The number of hydrogen-bond donors (Lipinski definition) is 0. The molecule has 8 nitrogen and oxygen atoms in total. The topological polar surface area (TPSA) is 75.9 Å². The van der Waals surface area contributed by atoms with Crippen molar-refractivity contribution in [1.29, 1.82) is 0 Å². The van der Waals surface area contributed by atoms with E-state index in [1.165, 1.54) is 0 Å². The molecular weight excluding hydrogens is 316 g/mol. The molecule has 25 heavy (non-hydrogen) atoms. The molecule has 1 saturated heterocycles. The van der Waals surface area contributed by atoms with Crippen molar-refractivity contribution in [3.8, 4) is 5.82 Å². The molecule has 4 rings (SSSR count). The van der Waals surface area contributed by atoms with Crippen LogP contribution in [0.2, 0.25) is 0 Å². The minimum atomic E-state index is 0.778. The monoisotopic (exact) mass is 336 g/mol. The van der Waals surface area contributed by atoms with Crippen molar-refractivity contribution >= 4 is 5.95 Å². The van der Waals surface area contributed by atoms with Crippen molar-refractivity contribution < 1.29 is 0 Å². The van der Waals surface area contributed by atoms with Gasteiger partial charge in [-0.25, -0.2) is 9.97 Å². The molecule has 3 aromatic heterocycles. The van der Waals surface area contributed by atoms with Crippen molar-refractivity contribution in [3.63, 3.8) is 0 Å². The molecule has 128 valence electrons. The molecule has 0 aliphatic carbocycles. The third kappa shape index (κ3) is 3.80. The van der Waals surface area contributed by atoms with Crippen LogP contribution < -0.4 is 4.90 Å². The van der Waals surface area contributed by atoms with E-state index in [0.29, 0.717) is 0 Å². The maximum absolute atomic E-state index is 4.66. The van der Waals surface area contributed by atoms with E-state index >= 15 is 0 Å². The average molecular weight is 336 g/mol. The summed E-state index contributed by atoms with van der Waals surface area (Å²) in [5.41, 5.74) is 1.04. The molecule has 8 heteroatoms. The largest absolute Gasteiger partial charge is 0.338 e. The van der Waals surface area contributed by atoms with Crippen LogP contribution in [0.5, 0.6) is 0 Å². The third-order valence-electron chi connectivity index (χ3n) is 4.35. The number of rotatable bonds is 5. The van der Waals surface area contributed by atoms with Gasteiger partial charge in [0.25, 0.3) is 0 Å². The first-order chi connectivity index (χ1) is 12.4. The molecule has 0 saturated carbocycles. The Hall–Kier alpha value is -2.87. The average Bonchev–Trinajstić information content (AvgIpc) is 3.23. The zero-order valence-electron chi connectivity index (χ0n) is 13.9. The Morgan fingerprint density at radius 2 is 1.84 bits per heavy atom. The summed E-state index contributed by atoms with van der Waals surface area (Å²) in [5.74, 6) is 1.62. The van der Waals surface area contributed by atoms with Crippen LogP contribution in [0.4, 0.5) is 5.95 Å². The first-order valence-electron chi connectivity index (χ1n) is 8.42. The van der Waals surface area contributed by atoms with E-state index in [4.69, 9.17) is 0 Å². The fourth-order valence-corrected chi connectivity index (χ4v) is 2.93. The van der Waals surface area contributed by atoms with E-state index in [1.54, 1.807) is 31.1 Å². The summed E-state index contributed by atoms with van der Waals surface area (Å²) >= 11 is 0. The second kappa shape index (κ2) is 7.35. The van der Waals surface area contributed by atoms with Gasteiger partial charge in [0.05, 0.1) is 5.69 Å². The molecular formula is C17H20N8. The van der Waals surface area contributed by atoms with Gasteiger partial charge in [-0.1, -0.05) is 0 Å². The molecule has 0 N–H and O–H groups in total. The molecule has 4 heterocycles. The van der Waals surface area contributed by atoms with E-state index in [0.717, 1.165) is 56.6 Å². The van der Waals surface area contributed by atoms with Gasteiger partial charge in [0.15, 0.2) is 0 Å². The fourth-order valence-electron chi connectivity index (χ4n) is 2.93. The van der Waals surface area contributed by atoms with Gasteiger partial charge in [-0.2, -0.15) is 4.98 Å². The van der Waals surface area contributed by atoms with Gasteiger partial charge in [0.2, 0.25) is 5.95 Å². The van der Waals surface area contributed by atoms with Gasteiger partial charge < -0.3 is 4.90 Å². The molecule has 1 fully saturated rings. The first-order valence-corrected chi connectivity index (χ1v) is 8.42. The molecule has 0 spiro atoms. The quantitative estimate of drug-likeness (QED) is 0.682. The van der Waals surface area contributed by atoms with Crippen molar-refractivity contribution in [2.75, 3.05) is 37.6 Å². The minimum absolute atomic E-state index is 0.778. The van der Waals surface area contributed by atoms with Crippen LogP contribution in [0.1, 0.15) is 5.69 Å². The standard InChI is InChI=1S/C17H20N8/c1-3-21-17(22-16(1)25-8-6-19-14-25)24-11-9-23(10-12-24)7-2-15-13-18-4-5-20-15/h1,3-6,8,13-14H,2,7,9-12H2. The highest BCUT2D eigenvalue weighted by molar-refractivity contribution is 5.35. The maximum Gasteiger partial charge on any atom is 0.227 e. The summed E-state index contributed by atoms with van der Waals surface area (Å²) in [6.45, 7) is 4.85. The zero-order valence-corrected chi connectivity index (χ0v) is 13.9. The van der Waals surface area contributed by atoms with Crippen molar-refractivity contribution in [2.24, 2.45) is 0 Å². The third-order valence-corrected chi connectivity index (χ3v) is 4.35. The molecule has 1 aliphatic rings. The predicted octanol–water partition coefficient (Wildman–Crippen LogP) is 0.817. The van der Waals surface area contributed by atoms with Crippen molar-refractivity contribution in [2.45, 2.75) is 6.42 Å². The Labute approximate surface area is 146 Å². The van der Waals surface area contributed by atoms with Gasteiger partial charge in [-0.15, -0.1) is 0 Å². The molecule has 0 amide bonds. The SMILES string of the molecule is c1cnc(CCN2CCN(c3nccc(-n4ccnc4)n3)CC2)cn1. The van der Waals surface area contributed by atoms with Crippen LogP contribution in [-0.4, -0.2) is 67.1 Å². The smallest absolute Gasteiger partial charge is 0.227 e. The minimum Gasteiger partial charge on any atom is -0.338 e. The van der Waals surface area contributed by atoms with Crippen LogP contribution in [0.25, 0.3) is 5.82 Å². The summed E-state index contributed by atoms with van der Waals surface area (Å²) in [7, 11) is 0. The Kier molecular flexibility index (Phi) is 4.60. The molecule has 0 bridgehead atoms. The number of anilines is 1. The van der Waals surface area contributed by atoms with Gasteiger partial charge in [-0.05, 0) is 6.07 Å². The van der Waals surface area contributed by atoms with Crippen LogP contribution in [0.15, 0.2) is 49.6 Å². The Bertz CT molecular complexity index is 781. The lowest BCUT2D eigenvalue weighted by atomic mass is 10.2. The first kappa shape index (κ1) is 15.6. The van der Waals surface area contributed by atoms with Crippen LogP contribution in [-0.2, 0) is 6.42 Å². The van der Waals surface area contributed by atoms with E-state index in [9.17, 15) is 0 Å². The fraction of sp³-hybridized carbons (Fsp3) is 0.353. The summed E-state index contributed by atoms with van der Waals surface area (Å²) < 4.78 is 1.89. The lowest BCUT2D eigenvalue weighted by molar-refractivity contribution is 0.259. The predicted molar refractivity (Wildman–Crippen MR) is 93.5 cm³/mol. The summed E-state index contributed by atoms with van der Waals surface area (Å²) in [6.07, 6.45) is 13.4. The van der Waals surface area contributed by atoms with Gasteiger partial charge in [0.1, 0.15) is 12.1 Å². The van der Waals surface area contributed by atoms with Gasteiger partial charge in [0, 0.05) is 76.3 Å². The van der Waals surface area contributed by atoms with E-state index in [1.807, 2.05) is 23.0 Å². The van der Waals surface area contributed by atoms with Crippen LogP contribution >= 0.6 is 0 Å². The van der Waals surface area contributed by atoms with E-state index in [-0.39, 0.29) is 0 Å². The Balaban J connectivity index is 1.33. The number of nitrogens with zero attached hydrogens (tertiary/aromatic N) is 8. The number of piperazine rings is 1. The molecule has 0 unspecified atom stereocenters. The lowest BCUT2D eigenvalue weighted by Gasteiger charge is -2.34. The van der Waals surface area contributed by atoms with Crippen LogP contribution in [0, 0.1) is 0 Å². The highest BCUT2D eigenvalue weighted by Crippen LogP contribution is 2.13. The molecule has 0 radical (unpaired) electrons. The summed E-state index contributed by atoms with van der Waals surface area (Å²) in [5, 5.41) is 0. The Morgan fingerprint density at radius 3 is 2.60 bits per heavy atom. The highest BCUT2D eigenvalue weighted by atomic mass is 15.3. The molecule has 1 aliphatic heterocycles. The second-order valence-electron chi connectivity index (χ2n) is 5.96. The van der Waals surface area contributed by atoms with Gasteiger partial charge >= 0.3 is 0 Å². The number of aromatic nitrogens is 6. The normalized spacial score (nSPS) is 15.4. The number of hydrogen-bond acceptors (Lipinski definition) is 7. The van der Waals surface area contributed by atoms with E-state index in [2.05, 4.69) is 34.7 Å². The summed E-state index contributed by atoms with van der Waals surface area (Å²) in [4.78, 5) is 26.3. The number of imidazole rings is 1. The molecule has 3 aromatic rings.